The summed E-state index contributed by atoms with van der Waals surface area (Å²) in [5, 5.41) is 13.9. The summed E-state index contributed by atoms with van der Waals surface area (Å²) in [6.07, 6.45) is 5.26. The molecule has 0 atom stereocenters. The Morgan fingerprint density at radius 3 is 2.65 bits per heavy atom. The summed E-state index contributed by atoms with van der Waals surface area (Å²) in [5.74, 6) is 4.44. The predicted octanol–water partition coefficient (Wildman–Crippen LogP) is 4.27. The van der Waals surface area contributed by atoms with Gasteiger partial charge in [0.25, 0.3) is 0 Å². The molecular weight excluding hydrogens is 456 g/mol. The Hall–Kier alpha value is -3.47. The van der Waals surface area contributed by atoms with Crippen molar-refractivity contribution in [3.63, 3.8) is 0 Å². The lowest BCUT2D eigenvalue weighted by Crippen LogP contribution is -2.32. The van der Waals surface area contributed by atoms with Crippen LogP contribution >= 0.6 is 11.8 Å². The van der Waals surface area contributed by atoms with Gasteiger partial charge in [-0.3, -0.25) is 4.57 Å². The van der Waals surface area contributed by atoms with Gasteiger partial charge in [-0.1, -0.05) is 16.9 Å². The van der Waals surface area contributed by atoms with E-state index in [-0.39, 0.29) is 0 Å². The SMILES string of the molecule is COc1ccc(-c2noc(CSc3nnc(N4CCCCC4)n3Cc3ccco3)n2)cc1OC. The maximum Gasteiger partial charge on any atom is 0.237 e. The maximum atomic E-state index is 5.59. The number of furan rings is 1. The summed E-state index contributed by atoms with van der Waals surface area (Å²) >= 11 is 1.51. The van der Waals surface area contributed by atoms with Crippen molar-refractivity contribution < 1.29 is 18.4 Å². The van der Waals surface area contributed by atoms with Crippen molar-refractivity contribution in [2.24, 2.45) is 0 Å². The summed E-state index contributed by atoms with van der Waals surface area (Å²) in [7, 11) is 3.19. The fraction of sp³-hybridized carbons (Fsp3) is 0.391. The molecule has 0 amide bonds. The third-order valence-electron chi connectivity index (χ3n) is 5.66. The van der Waals surface area contributed by atoms with Gasteiger partial charge in [-0.05, 0) is 49.6 Å². The number of thioether (sulfide) groups is 1. The van der Waals surface area contributed by atoms with Crippen LogP contribution in [0.25, 0.3) is 11.4 Å². The molecule has 10 nitrogen and oxygen atoms in total. The average Bonchev–Trinajstić information content (AvgIpc) is 3.65. The Bertz CT molecular complexity index is 1220. The minimum absolute atomic E-state index is 0.469. The first-order valence-corrected chi connectivity index (χ1v) is 12.1. The van der Waals surface area contributed by atoms with E-state index in [2.05, 4.69) is 29.8 Å². The van der Waals surface area contributed by atoms with Gasteiger partial charge in [-0.15, -0.1) is 10.2 Å². The molecule has 1 aromatic carbocycles. The largest absolute Gasteiger partial charge is 0.493 e. The van der Waals surface area contributed by atoms with E-state index >= 15 is 0 Å². The van der Waals surface area contributed by atoms with E-state index in [9.17, 15) is 0 Å². The van der Waals surface area contributed by atoms with E-state index in [4.69, 9.17) is 18.4 Å². The highest BCUT2D eigenvalue weighted by atomic mass is 32.2. The fourth-order valence-corrected chi connectivity index (χ4v) is 4.72. The van der Waals surface area contributed by atoms with Crippen LogP contribution in [0, 0.1) is 0 Å². The molecule has 0 spiro atoms. The number of aromatic nitrogens is 5. The van der Waals surface area contributed by atoms with Crippen molar-refractivity contribution in [1.82, 2.24) is 24.9 Å². The zero-order valence-electron chi connectivity index (χ0n) is 19.1. The normalized spacial score (nSPS) is 13.9. The molecule has 11 heteroatoms. The Labute approximate surface area is 201 Å². The van der Waals surface area contributed by atoms with E-state index < -0.39 is 0 Å². The van der Waals surface area contributed by atoms with Crippen molar-refractivity contribution in [2.75, 3.05) is 32.2 Å². The minimum Gasteiger partial charge on any atom is -0.493 e. The highest BCUT2D eigenvalue weighted by molar-refractivity contribution is 7.98. The molecule has 5 rings (SSSR count). The lowest BCUT2D eigenvalue weighted by Gasteiger charge is -2.27. The van der Waals surface area contributed by atoms with Gasteiger partial charge in [0.05, 0.1) is 32.8 Å². The smallest absolute Gasteiger partial charge is 0.237 e. The summed E-state index contributed by atoms with van der Waals surface area (Å²) in [4.78, 5) is 6.84. The number of hydrogen-bond acceptors (Lipinski definition) is 10. The van der Waals surface area contributed by atoms with Gasteiger partial charge in [0.15, 0.2) is 16.7 Å². The fourth-order valence-electron chi connectivity index (χ4n) is 3.94. The van der Waals surface area contributed by atoms with Gasteiger partial charge >= 0.3 is 0 Å². The molecule has 0 bridgehead atoms. The Kier molecular flexibility index (Phi) is 6.70. The van der Waals surface area contributed by atoms with Crippen LogP contribution in [0.4, 0.5) is 5.95 Å². The maximum absolute atomic E-state index is 5.59. The number of benzene rings is 1. The number of hydrogen-bond donors (Lipinski definition) is 0. The second-order valence-corrected chi connectivity index (χ2v) is 8.81. The molecular formula is C23H26N6O4S. The van der Waals surface area contributed by atoms with Crippen LogP contribution in [0.15, 0.2) is 50.7 Å². The molecule has 0 unspecified atom stereocenters. The minimum atomic E-state index is 0.469. The van der Waals surface area contributed by atoms with Crippen LogP contribution in [0.5, 0.6) is 11.5 Å². The zero-order valence-corrected chi connectivity index (χ0v) is 20.0. The number of rotatable bonds is 9. The van der Waals surface area contributed by atoms with Crippen molar-refractivity contribution in [3.8, 4) is 22.9 Å². The molecule has 34 heavy (non-hydrogen) atoms. The molecule has 1 fully saturated rings. The highest BCUT2D eigenvalue weighted by Gasteiger charge is 2.22. The van der Waals surface area contributed by atoms with Crippen molar-refractivity contribution >= 4 is 17.7 Å². The number of methoxy groups -OCH3 is 2. The molecule has 1 aliphatic rings. The van der Waals surface area contributed by atoms with Crippen LogP contribution < -0.4 is 14.4 Å². The molecule has 0 aliphatic carbocycles. The monoisotopic (exact) mass is 482 g/mol. The van der Waals surface area contributed by atoms with E-state index in [1.165, 1.54) is 18.2 Å². The van der Waals surface area contributed by atoms with E-state index in [1.54, 1.807) is 20.5 Å². The van der Waals surface area contributed by atoms with Crippen LogP contribution in [-0.2, 0) is 12.3 Å². The molecule has 1 aliphatic heterocycles. The van der Waals surface area contributed by atoms with E-state index in [0.29, 0.717) is 35.5 Å². The van der Waals surface area contributed by atoms with Crippen LogP contribution in [0.3, 0.4) is 0 Å². The topological polar surface area (TPSA) is 104 Å². The van der Waals surface area contributed by atoms with Gasteiger partial charge in [-0.2, -0.15) is 4.98 Å². The van der Waals surface area contributed by atoms with E-state index in [0.717, 1.165) is 48.4 Å². The first kappa shape index (κ1) is 22.3. The van der Waals surface area contributed by atoms with Gasteiger partial charge in [0.2, 0.25) is 17.7 Å². The molecule has 3 aromatic heterocycles. The number of piperidine rings is 1. The molecule has 0 saturated carbocycles. The standard InChI is InChI=1S/C23H26N6O4S/c1-30-18-9-8-16(13-19(18)31-2)21-24-20(33-27-21)15-34-23-26-25-22(28-10-4-3-5-11-28)29(23)14-17-7-6-12-32-17/h6-9,12-13H,3-5,10-11,14-15H2,1-2H3. The van der Waals surface area contributed by atoms with Crippen molar-refractivity contribution in [3.05, 3.63) is 48.2 Å². The second kappa shape index (κ2) is 10.2. The highest BCUT2D eigenvalue weighted by Crippen LogP contribution is 2.32. The lowest BCUT2D eigenvalue weighted by atomic mass is 10.1. The van der Waals surface area contributed by atoms with Crippen LogP contribution in [-0.4, -0.2) is 52.2 Å². The summed E-state index contributed by atoms with van der Waals surface area (Å²) < 4.78 is 23.9. The molecule has 0 N–H and O–H groups in total. The first-order valence-electron chi connectivity index (χ1n) is 11.1. The lowest BCUT2D eigenvalue weighted by molar-refractivity contribution is 0.355. The van der Waals surface area contributed by atoms with Crippen LogP contribution in [0.1, 0.15) is 30.9 Å². The number of nitrogens with zero attached hydrogens (tertiary/aromatic N) is 6. The average molecular weight is 483 g/mol. The number of ether oxygens (including phenoxy) is 2. The Balaban J connectivity index is 1.33. The van der Waals surface area contributed by atoms with Crippen molar-refractivity contribution in [2.45, 2.75) is 36.7 Å². The molecule has 0 radical (unpaired) electrons. The van der Waals surface area contributed by atoms with E-state index in [1.807, 2.05) is 30.3 Å². The predicted molar refractivity (Wildman–Crippen MR) is 126 cm³/mol. The van der Waals surface area contributed by atoms with Gasteiger partial charge in [0, 0.05) is 18.7 Å². The zero-order chi connectivity index (χ0) is 23.3. The Morgan fingerprint density at radius 2 is 1.88 bits per heavy atom. The third kappa shape index (κ3) is 4.74. The van der Waals surface area contributed by atoms with Gasteiger partial charge in [0.1, 0.15) is 5.76 Å². The van der Waals surface area contributed by atoms with Gasteiger partial charge < -0.3 is 23.3 Å². The summed E-state index contributed by atoms with van der Waals surface area (Å²) in [6.45, 7) is 2.54. The quantitative estimate of drug-likeness (QED) is 0.321. The van der Waals surface area contributed by atoms with Crippen LogP contribution in [0.2, 0.25) is 0 Å². The first-order chi connectivity index (χ1) is 16.7. The molecule has 4 aromatic rings. The Morgan fingerprint density at radius 1 is 1.03 bits per heavy atom. The molecule has 1 saturated heterocycles. The van der Waals surface area contributed by atoms with Gasteiger partial charge in [-0.25, -0.2) is 0 Å². The third-order valence-corrected chi connectivity index (χ3v) is 6.62. The molecule has 178 valence electrons. The summed E-state index contributed by atoms with van der Waals surface area (Å²) in [5.41, 5.74) is 0.783. The molecule has 4 heterocycles. The number of anilines is 1. The second-order valence-electron chi connectivity index (χ2n) is 7.87. The summed E-state index contributed by atoms with van der Waals surface area (Å²) in [6, 6.07) is 9.36. The van der Waals surface area contributed by atoms with Crippen molar-refractivity contribution in [1.29, 1.82) is 0 Å².